The molecule has 0 aliphatic rings. The number of nitrogens with one attached hydrogen (secondary N) is 1. The van der Waals surface area contributed by atoms with Crippen LogP contribution in [0.5, 0.6) is 0 Å². The van der Waals surface area contributed by atoms with Crippen molar-refractivity contribution in [3.63, 3.8) is 0 Å². The first-order valence-electron chi connectivity index (χ1n) is 10.2. The minimum Gasteiger partial charge on any atom is -0.344 e. The molecule has 0 spiro atoms. The molecule has 170 valence electrons. The summed E-state index contributed by atoms with van der Waals surface area (Å²) < 4.78 is 26.6. The Balaban J connectivity index is 1.49. The van der Waals surface area contributed by atoms with Gasteiger partial charge in [-0.1, -0.05) is 29.5 Å². The number of nitrogens with two attached hydrogens (primary N) is 1. The molecule has 1 amide bonds. The van der Waals surface area contributed by atoms with E-state index in [2.05, 4.69) is 15.6 Å². The average molecular weight is 465 g/mol. The summed E-state index contributed by atoms with van der Waals surface area (Å²) in [5.74, 6) is -0.203. The summed E-state index contributed by atoms with van der Waals surface area (Å²) in [6.07, 6.45) is 1.82. The van der Waals surface area contributed by atoms with Crippen molar-refractivity contribution in [3.05, 3.63) is 83.3 Å². The lowest BCUT2D eigenvalue weighted by Gasteiger charge is -2.11. The van der Waals surface area contributed by atoms with E-state index in [9.17, 15) is 13.2 Å². The highest BCUT2D eigenvalue weighted by atomic mass is 32.2. The van der Waals surface area contributed by atoms with E-state index in [1.54, 1.807) is 23.9 Å². The van der Waals surface area contributed by atoms with E-state index in [-0.39, 0.29) is 10.8 Å². The van der Waals surface area contributed by atoms with Crippen LogP contribution in [0.15, 0.2) is 65.7 Å². The summed E-state index contributed by atoms with van der Waals surface area (Å²) in [6.45, 7) is 4.32. The van der Waals surface area contributed by atoms with Gasteiger partial charge in [0.1, 0.15) is 5.69 Å². The van der Waals surface area contributed by atoms with Crippen molar-refractivity contribution in [1.29, 1.82) is 0 Å². The van der Waals surface area contributed by atoms with E-state index < -0.39 is 10.0 Å². The SMILES string of the molecule is Cc1cc(C(=O)Nc2ccc(-c3cn(C)nn3)cc2)c(C)n1Cc1ccc(S(N)(=O)=O)cc1. The molecule has 0 bridgehead atoms. The molecule has 0 unspecified atom stereocenters. The molecule has 2 aromatic heterocycles. The Bertz CT molecular complexity index is 1420. The number of hydrogen-bond donors (Lipinski definition) is 2. The van der Waals surface area contributed by atoms with E-state index in [1.165, 1.54) is 12.1 Å². The Morgan fingerprint density at radius 3 is 2.30 bits per heavy atom. The van der Waals surface area contributed by atoms with Gasteiger partial charge in [-0.25, -0.2) is 13.6 Å². The van der Waals surface area contributed by atoms with Crippen LogP contribution in [0, 0.1) is 13.8 Å². The average Bonchev–Trinajstić information content (AvgIpc) is 3.32. The fourth-order valence-electron chi connectivity index (χ4n) is 3.64. The van der Waals surface area contributed by atoms with Crippen LogP contribution in [0.4, 0.5) is 5.69 Å². The standard InChI is InChI=1S/C23H24N6O3S/c1-15-12-21(16(2)29(15)13-17-4-10-20(11-5-17)33(24,31)32)23(30)25-19-8-6-18(7-9-19)22-14-28(3)27-26-22/h4-12,14H,13H2,1-3H3,(H,25,30)(H2,24,31,32). The number of benzene rings is 2. The summed E-state index contributed by atoms with van der Waals surface area (Å²) in [7, 11) is -1.92. The largest absolute Gasteiger partial charge is 0.344 e. The Hall–Kier alpha value is -3.76. The summed E-state index contributed by atoms with van der Waals surface area (Å²) in [4.78, 5) is 13.0. The maximum Gasteiger partial charge on any atom is 0.257 e. The highest BCUT2D eigenvalue weighted by Gasteiger charge is 2.17. The third kappa shape index (κ3) is 4.86. The zero-order chi connectivity index (χ0) is 23.8. The van der Waals surface area contributed by atoms with Crippen LogP contribution in [0.25, 0.3) is 11.3 Å². The molecule has 0 saturated heterocycles. The maximum absolute atomic E-state index is 12.9. The van der Waals surface area contributed by atoms with Crippen LogP contribution >= 0.6 is 0 Å². The summed E-state index contributed by atoms with van der Waals surface area (Å²) in [5.41, 5.74) is 5.56. The molecular weight excluding hydrogens is 440 g/mol. The van der Waals surface area contributed by atoms with E-state index in [4.69, 9.17) is 5.14 Å². The first-order valence-corrected chi connectivity index (χ1v) is 11.7. The van der Waals surface area contributed by atoms with Crippen molar-refractivity contribution in [2.75, 3.05) is 5.32 Å². The van der Waals surface area contributed by atoms with Gasteiger partial charge in [-0.3, -0.25) is 9.48 Å². The number of anilines is 1. The molecule has 4 aromatic rings. The Morgan fingerprint density at radius 2 is 1.73 bits per heavy atom. The molecule has 10 heteroatoms. The topological polar surface area (TPSA) is 125 Å². The normalized spacial score (nSPS) is 11.5. The van der Waals surface area contributed by atoms with Crippen molar-refractivity contribution in [3.8, 4) is 11.3 Å². The fourth-order valence-corrected chi connectivity index (χ4v) is 4.16. The highest BCUT2D eigenvalue weighted by molar-refractivity contribution is 7.89. The number of aromatic nitrogens is 4. The third-order valence-corrected chi connectivity index (χ3v) is 6.38. The van der Waals surface area contributed by atoms with Crippen LogP contribution in [-0.4, -0.2) is 33.9 Å². The number of rotatable bonds is 6. The number of hydrogen-bond acceptors (Lipinski definition) is 5. The predicted octanol–water partition coefficient (Wildman–Crippen LogP) is 2.85. The molecule has 4 rings (SSSR count). The van der Waals surface area contributed by atoms with Crippen molar-refractivity contribution >= 4 is 21.6 Å². The first-order chi connectivity index (χ1) is 15.6. The second-order valence-corrected chi connectivity index (χ2v) is 9.43. The maximum atomic E-state index is 12.9. The van der Waals surface area contributed by atoms with Gasteiger partial charge >= 0.3 is 0 Å². The monoisotopic (exact) mass is 464 g/mol. The summed E-state index contributed by atoms with van der Waals surface area (Å²) >= 11 is 0. The first kappa shape index (κ1) is 22.4. The van der Waals surface area contributed by atoms with Gasteiger partial charge in [-0.05, 0) is 49.7 Å². The number of aryl methyl sites for hydroxylation is 2. The summed E-state index contributed by atoms with van der Waals surface area (Å²) in [6, 6.07) is 15.7. The van der Waals surface area contributed by atoms with Crippen LogP contribution in [0.2, 0.25) is 0 Å². The number of amides is 1. The van der Waals surface area contributed by atoms with Crippen LogP contribution in [0.3, 0.4) is 0 Å². The van der Waals surface area contributed by atoms with Crippen molar-refractivity contribution < 1.29 is 13.2 Å². The molecule has 0 aliphatic carbocycles. The fraction of sp³-hybridized carbons (Fsp3) is 0.174. The molecule has 0 fully saturated rings. The third-order valence-electron chi connectivity index (χ3n) is 5.45. The van der Waals surface area contributed by atoms with Gasteiger partial charge in [0.05, 0.1) is 16.7 Å². The van der Waals surface area contributed by atoms with Gasteiger partial charge in [0.25, 0.3) is 5.91 Å². The molecule has 0 radical (unpaired) electrons. The lowest BCUT2D eigenvalue weighted by Crippen LogP contribution is -2.14. The van der Waals surface area contributed by atoms with E-state index in [0.29, 0.717) is 17.8 Å². The van der Waals surface area contributed by atoms with Crippen molar-refractivity contribution in [2.45, 2.75) is 25.3 Å². The molecule has 2 heterocycles. The van der Waals surface area contributed by atoms with E-state index in [1.807, 2.05) is 54.9 Å². The Morgan fingerprint density at radius 1 is 1.06 bits per heavy atom. The van der Waals surface area contributed by atoms with Gasteiger partial charge in [0.2, 0.25) is 10.0 Å². The predicted molar refractivity (Wildman–Crippen MR) is 125 cm³/mol. The minimum atomic E-state index is -3.73. The van der Waals surface area contributed by atoms with Crippen LogP contribution in [-0.2, 0) is 23.6 Å². The number of primary sulfonamides is 1. The highest BCUT2D eigenvalue weighted by Crippen LogP contribution is 2.22. The van der Waals surface area contributed by atoms with Gasteiger partial charge in [-0.2, -0.15) is 0 Å². The molecule has 0 saturated carbocycles. The van der Waals surface area contributed by atoms with E-state index >= 15 is 0 Å². The molecular formula is C23H24N6O3S. The molecule has 0 aliphatic heterocycles. The summed E-state index contributed by atoms with van der Waals surface area (Å²) in [5, 5.41) is 16.1. The minimum absolute atomic E-state index is 0.0672. The quantitative estimate of drug-likeness (QED) is 0.454. The molecule has 0 atom stereocenters. The smallest absolute Gasteiger partial charge is 0.257 e. The van der Waals surface area contributed by atoms with Crippen molar-refractivity contribution in [2.24, 2.45) is 12.2 Å². The van der Waals surface area contributed by atoms with Gasteiger partial charge in [-0.15, -0.1) is 5.10 Å². The lowest BCUT2D eigenvalue weighted by molar-refractivity contribution is 0.102. The molecule has 2 aromatic carbocycles. The lowest BCUT2D eigenvalue weighted by atomic mass is 10.1. The molecule has 33 heavy (non-hydrogen) atoms. The van der Waals surface area contributed by atoms with Crippen molar-refractivity contribution in [1.82, 2.24) is 19.6 Å². The Kier molecular flexibility index (Phi) is 5.88. The zero-order valence-electron chi connectivity index (χ0n) is 18.5. The number of nitrogens with zero attached hydrogens (tertiary/aromatic N) is 4. The van der Waals surface area contributed by atoms with Crippen LogP contribution < -0.4 is 10.5 Å². The van der Waals surface area contributed by atoms with Gasteiger partial charge in [0, 0.05) is 36.2 Å². The second kappa shape index (κ2) is 8.64. The van der Waals surface area contributed by atoms with Gasteiger partial charge < -0.3 is 9.88 Å². The molecule has 3 N–H and O–H groups in total. The number of carbonyl (C=O) groups excluding carboxylic acids is 1. The van der Waals surface area contributed by atoms with E-state index in [0.717, 1.165) is 28.2 Å². The van der Waals surface area contributed by atoms with Gasteiger partial charge in [0.15, 0.2) is 0 Å². The zero-order valence-corrected chi connectivity index (χ0v) is 19.3. The number of sulfonamides is 1. The molecule has 9 nitrogen and oxygen atoms in total. The van der Waals surface area contributed by atoms with Crippen LogP contribution in [0.1, 0.15) is 27.3 Å². The Labute approximate surface area is 191 Å². The second-order valence-electron chi connectivity index (χ2n) is 7.87. The number of carbonyl (C=O) groups is 1.